The molecule has 1 atom stereocenters. The van der Waals surface area contributed by atoms with Gasteiger partial charge in [0.1, 0.15) is 12.2 Å². The molecule has 0 bridgehead atoms. The zero-order chi connectivity index (χ0) is 18.8. The highest BCUT2D eigenvalue weighted by Crippen LogP contribution is 2.39. The predicted molar refractivity (Wildman–Crippen MR) is 97.5 cm³/mol. The summed E-state index contributed by atoms with van der Waals surface area (Å²) in [4.78, 5) is 12.5. The molecule has 4 rings (SSSR count). The van der Waals surface area contributed by atoms with Gasteiger partial charge in [0.15, 0.2) is 11.6 Å². The Labute approximate surface area is 159 Å². The van der Waals surface area contributed by atoms with Crippen molar-refractivity contribution in [2.45, 2.75) is 82.8 Å². The van der Waals surface area contributed by atoms with Crippen molar-refractivity contribution in [1.82, 2.24) is 0 Å². The van der Waals surface area contributed by atoms with Crippen molar-refractivity contribution in [3.63, 3.8) is 0 Å². The first-order chi connectivity index (χ1) is 13.1. The van der Waals surface area contributed by atoms with E-state index < -0.39 is 11.6 Å². The van der Waals surface area contributed by atoms with E-state index in [1.807, 2.05) is 0 Å². The van der Waals surface area contributed by atoms with E-state index in [-0.39, 0.29) is 29.8 Å². The fraction of sp³-hybridized carbons (Fsp3) is 0.682. The molecule has 0 aromatic heterocycles. The van der Waals surface area contributed by atoms with E-state index >= 15 is 0 Å². The van der Waals surface area contributed by atoms with Crippen LogP contribution in [-0.4, -0.2) is 18.2 Å². The van der Waals surface area contributed by atoms with Gasteiger partial charge in [0.05, 0.1) is 5.92 Å². The molecule has 0 N–H and O–H groups in total. The van der Waals surface area contributed by atoms with Crippen LogP contribution in [-0.2, 0) is 16.0 Å². The summed E-state index contributed by atoms with van der Waals surface area (Å²) >= 11 is 0. The maximum absolute atomic E-state index is 14.1. The molecule has 1 heterocycles. The van der Waals surface area contributed by atoms with Crippen LogP contribution in [0.5, 0.6) is 5.75 Å². The zero-order valence-corrected chi connectivity index (χ0v) is 15.7. The molecule has 1 aliphatic heterocycles. The van der Waals surface area contributed by atoms with Gasteiger partial charge in [-0.25, -0.2) is 4.39 Å². The molecular weight excluding hydrogens is 350 g/mol. The van der Waals surface area contributed by atoms with Crippen molar-refractivity contribution >= 4 is 5.97 Å². The topological polar surface area (TPSA) is 35.5 Å². The summed E-state index contributed by atoms with van der Waals surface area (Å²) in [6, 6.07) is 2.78. The second-order valence-electron chi connectivity index (χ2n) is 8.35. The van der Waals surface area contributed by atoms with E-state index in [0.717, 1.165) is 63.4 Å². The average molecular weight is 378 g/mol. The zero-order valence-electron chi connectivity index (χ0n) is 15.7. The molecule has 2 aliphatic carbocycles. The number of carbonyl (C=O) groups excluding carboxylic acids is 1. The van der Waals surface area contributed by atoms with Crippen LogP contribution in [0.15, 0.2) is 12.1 Å². The normalized spacial score (nSPS) is 28.9. The van der Waals surface area contributed by atoms with Gasteiger partial charge in [0, 0.05) is 0 Å². The molecule has 1 aromatic carbocycles. The summed E-state index contributed by atoms with van der Waals surface area (Å²) in [5, 5.41) is 0. The van der Waals surface area contributed by atoms with E-state index in [9.17, 15) is 13.6 Å². The fourth-order valence-corrected chi connectivity index (χ4v) is 4.91. The molecule has 3 nitrogen and oxygen atoms in total. The van der Waals surface area contributed by atoms with Crippen molar-refractivity contribution in [3.8, 4) is 5.75 Å². The molecule has 148 valence electrons. The Morgan fingerprint density at radius 2 is 1.70 bits per heavy atom. The number of benzene rings is 1. The Morgan fingerprint density at radius 1 is 0.963 bits per heavy atom. The molecule has 0 saturated heterocycles. The second-order valence-corrected chi connectivity index (χ2v) is 8.35. The minimum absolute atomic E-state index is 0.0202. The largest absolute Gasteiger partial charge is 0.487 e. The first-order valence-corrected chi connectivity index (χ1v) is 10.5. The molecule has 2 fully saturated rings. The molecule has 3 aliphatic rings. The minimum Gasteiger partial charge on any atom is -0.487 e. The van der Waals surface area contributed by atoms with Crippen LogP contribution in [0, 0.1) is 23.5 Å². The number of esters is 1. The number of carbonyl (C=O) groups is 1. The van der Waals surface area contributed by atoms with Crippen molar-refractivity contribution < 1.29 is 23.0 Å². The monoisotopic (exact) mass is 378 g/mol. The lowest BCUT2D eigenvalue weighted by molar-refractivity contribution is -0.157. The Hall–Kier alpha value is -1.65. The molecule has 0 amide bonds. The molecule has 27 heavy (non-hydrogen) atoms. The van der Waals surface area contributed by atoms with Gasteiger partial charge in [-0.05, 0) is 81.8 Å². The Balaban J connectivity index is 1.30. The summed E-state index contributed by atoms with van der Waals surface area (Å²) in [5.74, 6) is -1.41. The molecular formula is C22H28F2O3. The van der Waals surface area contributed by atoms with Gasteiger partial charge >= 0.3 is 5.97 Å². The van der Waals surface area contributed by atoms with Crippen molar-refractivity contribution in [2.75, 3.05) is 0 Å². The van der Waals surface area contributed by atoms with Gasteiger partial charge in [0.25, 0.3) is 0 Å². The third-order valence-corrected chi connectivity index (χ3v) is 6.56. The second kappa shape index (κ2) is 8.15. The number of aryl methyl sites for hydroxylation is 1. The van der Waals surface area contributed by atoms with Crippen LogP contribution in [0.25, 0.3) is 0 Å². The van der Waals surface area contributed by atoms with E-state index in [2.05, 4.69) is 0 Å². The molecule has 1 aromatic rings. The first-order valence-electron chi connectivity index (χ1n) is 10.5. The summed E-state index contributed by atoms with van der Waals surface area (Å²) in [6.45, 7) is 0. The molecule has 5 heteroatoms. The van der Waals surface area contributed by atoms with E-state index in [4.69, 9.17) is 9.47 Å². The average Bonchev–Trinajstić information content (AvgIpc) is 2.71. The van der Waals surface area contributed by atoms with Crippen LogP contribution < -0.4 is 4.74 Å². The third-order valence-electron chi connectivity index (χ3n) is 6.56. The maximum atomic E-state index is 14.1. The van der Waals surface area contributed by atoms with Crippen LogP contribution >= 0.6 is 0 Å². The van der Waals surface area contributed by atoms with Crippen LogP contribution in [0.4, 0.5) is 8.78 Å². The van der Waals surface area contributed by atoms with Crippen molar-refractivity contribution in [3.05, 3.63) is 29.3 Å². The molecule has 2 saturated carbocycles. The smallest absolute Gasteiger partial charge is 0.309 e. The summed E-state index contributed by atoms with van der Waals surface area (Å²) in [5.41, 5.74) is 0.745. The third kappa shape index (κ3) is 4.12. The Morgan fingerprint density at radius 3 is 2.44 bits per heavy atom. The van der Waals surface area contributed by atoms with Crippen LogP contribution in [0.1, 0.15) is 69.8 Å². The number of ether oxygens (including phenoxy) is 2. The maximum Gasteiger partial charge on any atom is 0.309 e. The lowest BCUT2D eigenvalue weighted by Gasteiger charge is -2.36. The number of halogens is 2. The summed E-state index contributed by atoms with van der Waals surface area (Å²) in [7, 11) is 0. The van der Waals surface area contributed by atoms with Crippen LogP contribution in [0.3, 0.4) is 0 Å². The minimum atomic E-state index is -0.873. The van der Waals surface area contributed by atoms with Gasteiger partial charge in [0.2, 0.25) is 5.82 Å². The number of hydrogen-bond acceptors (Lipinski definition) is 3. The SMILES string of the molecule is O=C(OC1CCCCC1)C1CCC(C2CCc3ccc(F)c(F)c3O2)CC1. The van der Waals surface area contributed by atoms with Gasteiger partial charge in [-0.3, -0.25) is 4.79 Å². The van der Waals surface area contributed by atoms with Gasteiger partial charge in [-0.2, -0.15) is 4.39 Å². The summed E-state index contributed by atoms with van der Waals surface area (Å²) < 4.78 is 39.1. The van der Waals surface area contributed by atoms with Crippen molar-refractivity contribution in [1.29, 1.82) is 0 Å². The number of rotatable bonds is 3. The first kappa shape index (κ1) is 18.7. The highest BCUT2D eigenvalue weighted by Gasteiger charge is 2.36. The van der Waals surface area contributed by atoms with E-state index in [0.29, 0.717) is 12.3 Å². The molecule has 1 unspecified atom stereocenters. The Bertz CT molecular complexity index is 676. The van der Waals surface area contributed by atoms with Gasteiger partial charge in [-0.1, -0.05) is 12.5 Å². The Kier molecular flexibility index (Phi) is 5.65. The number of fused-ring (bicyclic) bond motifs is 1. The quantitative estimate of drug-likeness (QED) is 0.666. The summed E-state index contributed by atoms with van der Waals surface area (Å²) in [6.07, 6.45) is 10.5. The van der Waals surface area contributed by atoms with Gasteiger partial charge < -0.3 is 9.47 Å². The lowest BCUT2D eigenvalue weighted by Crippen LogP contribution is -2.36. The number of hydrogen-bond donors (Lipinski definition) is 0. The van der Waals surface area contributed by atoms with E-state index in [1.54, 1.807) is 6.07 Å². The predicted octanol–water partition coefficient (Wildman–Crippen LogP) is 5.34. The fourth-order valence-electron chi connectivity index (χ4n) is 4.91. The standard InChI is InChI=1S/C22H28F2O3/c23-18-12-10-15-11-13-19(27-21(15)20(18)24)14-6-8-16(9-7-14)22(25)26-17-4-2-1-3-5-17/h10,12,14,16-17,19H,1-9,11,13H2. The molecule has 0 spiro atoms. The van der Waals surface area contributed by atoms with Gasteiger partial charge in [-0.15, -0.1) is 0 Å². The highest BCUT2D eigenvalue weighted by atomic mass is 19.2. The highest BCUT2D eigenvalue weighted by molar-refractivity contribution is 5.72. The van der Waals surface area contributed by atoms with Crippen molar-refractivity contribution in [2.24, 2.45) is 11.8 Å². The van der Waals surface area contributed by atoms with E-state index in [1.165, 1.54) is 12.5 Å². The van der Waals surface area contributed by atoms with Crippen LogP contribution in [0.2, 0.25) is 0 Å². The lowest BCUT2D eigenvalue weighted by atomic mass is 9.77. The molecule has 0 radical (unpaired) electrons.